The summed E-state index contributed by atoms with van der Waals surface area (Å²) in [4.78, 5) is 7.91. The first-order valence-electron chi connectivity index (χ1n) is 9.29. The third-order valence-electron chi connectivity index (χ3n) is 3.89. The van der Waals surface area contributed by atoms with E-state index in [1.54, 1.807) is 0 Å². The van der Waals surface area contributed by atoms with Crippen LogP contribution in [0.1, 0.15) is 61.3 Å². The number of nitrogens with zero attached hydrogens (tertiary/aromatic N) is 4. The fourth-order valence-corrected chi connectivity index (χ4v) is 2.43. The van der Waals surface area contributed by atoms with E-state index >= 15 is 0 Å². The van der Waals surface area contributed by atoms with E-state index in [9.17, 15) is 8.78 Å². The van der Waals surface area contributed by atoms with Crippen LogP contribution in [-0.4, -0.2) is 32.8 Å². The van der Waals surface area contributed by atoms with Crippen LogP contribution in [0.5, 0.6) is 0 Å². The van der Waals surface area contributed by atoms with Gasteiger partial charge in [0.1, 0.15) is 22.8 Å². The van der Waals surface area contributed by atoms with Crippen LogP contribution in [0.2, 0.25) is 0 Å². The SMILES string of the molecule is ON=Cc1nc(C#CCCCCCCC#Cc2ccc(F)c(/C=N/O)n2)ccc1F. The van der Waals surface area contributed by atoms with E-state index < -0.39 is 11.6 Å². The summed E-state index contributed by atoms with van der Waals surface area (Å²) < 4.78 is 26.8. The Kier molecular flexibility index (Phi) is 9.48. The van der Waals surface area contributed by atoms with Gasteiger partial charge in [-0.05, 0) is 48.9 Å². The number of rotatable bonds is 7. The summed E-state index contributed by atoms with van der Waals surface area (Å²) in [7, 11) is 0. The van der Waals surface area contributed by atoms with E-state index in [0.717, 1.165) is 38.1 Å². The number of oxime groups is 2. The van der Waals surface area contributed by atoms with Crippen LogP contribution in [0.4, 0.5) is 8.78 Å². The molecule has 6 nitrogen and oxygen atoms in total. The van der Waals surface area contributed by atoms with Crippen LogP contribution in [0.3, 0.4) is 0 Å². The molecule has 2 aromatic heterocycles. The summed E-state index contributed by atoms with van der Waals surface area (Å²) in [5.74, 6) is 10.6. The zero-order valence-electron chi connectivity index (χ0n) is 16.1. The van der Waals surface area contributed by atoms with Gasteiger partial charge in [0.05, 0.1) is 12.4 Å². The van der Waals surface area contributed by atoms with Crippen molar-refractivity contribution in [1.29, 1.82) is 0 Å². The largest absolute Gasteiger partial charge is 0.411 e. The smallest absolute Gasteiger partial charge is 0.150 e. The highest BCUT2D eigenvalue weighted by Crippen LogP contribution is 2.07. The maximum absolute atomic E-state index is 13.4. The maximum Gasteiger partial charge on any atom is 0.150 e. The Morgan fingerprint density at radius 2 is 1.17 bits per heavy atom. The van der Waals surface area contributed by atoms with Gasteiger partial charge >= 0.3 is 0 Å². The molecule has 0 atom stereocenters. The van der Waals surface area contributed by atoms with Gasteiger partial charge in [0.25, 0.3) is 0 Å². The van der Waals surface area contributed by atoms with Crippen LogP contribution >= 0.6 is 0 Å². The van der Waals surface area contributed by atoms with E-state index in [4.69, 9.17) is 10.4 Å². The van der Waals surface area contributed by atoms with Crippen LogP contribution in [0.25, 0.3) is 0 Å². The lowest BCUT2D eigenvalue weighted by Crippen LogP contribution is -1.95. The number of halogens is 2. The fraction of sp³-hybridized carbons (Fsp3) is 0.273. The van der Waals surface area contributed by atoms with Crippen molar-refractivity contribution in [3.05, 3.63) is 58.7 Å². The number of hydrogen-bond acceptors (Lipinski definition) is 6. The average Bonchev–Trinajstić information content (AvgIpc) is 2.74. The second kappa shape index (κ2) is 12.6. The zero-order valence-corrected chi connectivity index (χ0v) is 16.1. The first kappa shape index (κ1) is 22.5. The molecule has 154 valence electrons. The van der Waals surface area contributed by atoms with E-state index in [1.807, 2.05) is 0 Å². The molecule has 2 rings (SSSR count). The molecular formula is C22H20F2N4O2. The first-order chi connectivity index (χ1) is 14.6. The van der Waals surface area contributed by atoms with Gasteiger partial charge in [-0.3, -0.25) is 0 Å². The van der Waals surface area contributed by atoms with Gasteiger partial charge in [0.2, 0.25) is 0 Å². The van der Waals surface area contributed by atoms with E-state index in [1.165, 1.54) is 24.3 Å². The van der Waals surface area contributed by atoms with Gasteiger partial charge in [-0.1, -0.05) is 35.0 Å². The lowest BCUT2D eigenvalue weighted by atomic mass is 10.1. The van der Waals surface area contributed by atoms with Gasteiger partial charge in [-0.15, -0.1) is 0 Å². The molecule has 30 heavy (non-hydrogen) atoms. The molecule has 0 amide bonds. The maximum atomic E-state index is 13.4. The van der Waals surface area contributed by atoms with E-state index in [0.29, 0.717) is 24.2 Å². The minimum atomic E-state index is -0.573. The van der Waals surface area contributed by atoms with Crippen molar-refractivity contribution in [1.82, 2.24) is 9.97 Å². The highest BCUT2D eigenvalue weighted by atomic mass is 19.1. The third kappa shape index (κ3) is 7.69. The Hall–Kier alpha value is -3.78. The quantitative estimate of drug-likeness (QED) is 0.236. The summed E-state index contributed by atoms with van der Waals surface area (Å²) in [6.07, 6.45) is 7.11. The van der Waals surface area contributed by atoms with Gasteiger partial charge < -0.3 is 10.4 Å². The van der Waals surface area contributed by atoms with Crippen molar-refractivity contribution in [2.45, 2.75) is 38.5 Å². The molecule has 2 N–H and O–H groups in total. The summed E-state index contributed by atoms with van der Waals surface area (Å²) >= 11 is 0. The summed E-state index contributed by atoms with van der Waals surface area (Å²) in [6, 6.07) is 5.42. The second-order valence-electron chi connectivity index (χ2n) is 6.13. The number of aromatic nitrogens is 2. The standard InChI is InChI=1S/C22H20F2N4O2/c23-19-13-11-17(27-21(19)15-25-29)9-7-5-3-1-2-4-6-8-10-18-12-14-20(24)22(28-18)16-26-30/h11-16,29-30H,1-6H2/b25-15+,26-16?. The van der Waals surface area contributed by atoms with E-state index in [-0.39, 0.29) is 11.4 Å². The molecule has 0 aliphatic heterocycles. The molecule has 0 spiro atoms. The van der Waals surface area contributed by atoms with Crippen molar-refractivity contribution in [3.8, 4) is 23.7 Å². The molecular weight excluding hydrogens is 390 g/mol. The third-order valence-corrected chi connectivity index (χ3v) is 3.89. The molecule has 0 aromatic carbocycles. The molecule has 0 bridgehead atoms. The minimum absolute atomic E-state index is 0.0565. The Morgan fingerprint density at radius 3 is 1.57 bits per heavy atom. The molecule has 0 fully saturated rings. The van der Waals surface area contributed by atoms with Crippen LogP contribution < -0.4 is 0 Å². The molecule has 0 aliphatic rings. The van der Waals surface area contributed by atoms with Gasteiger partial charge in [0.15, 0.2) is 11.6 Å². The number of unbranched alkanes of at least 4 members (excludes halogenated alkanes) is 5. The monoisotopic (exact) mass is 410 g/mol. The predicted molar refractivity (Wildman–Crippen MR) is 109 cm³/mol. The normalized spacial score (nSPS) is 10.6. The topological polar surface area (TPSA) is 91.0 Å². The van der Waals surface area contributed by atoms with Crippen LogP contribution in [0.15, 0.2) is 34.6 Å². The molecule has 0 unspecified atom stereocenters. The van der Waals surface area contributed by atoms with Gasteiger partial charge in [0, 0.05) is 12.8 Å². The lowest BCUT2D eigenvalue weighted by Gasteiger charge is -1.97. The molecule has 2 aromatic rings. The van der Waals surface area contributed by atoms with Crippen LogP contribution in [0, 0.1) is 35.3 Å². The Bertz CT molecular complexity index is 947. The van der Waals surface area contributed by atoms with Crippen molar-refractivity contribution < 1.29 is 19.2 Å². The molecule has 8 heteroatoms. The molecule has 0 radical (unpaired) electrons. The van der Waals surface area contributed by atoms with Gasteiger partial charge in [-0.25, -0.2) is 18.7 Å². The van der Waals surface area contributed by atoms with Crippen molar-refractivity contribution in [3.63, 3.8) is 0 Å². The van der Waals surface area contributed by atoms with Crippen LogP contribution in [-0.2, 0) is 0 Å². The minimum Gasteiger partial charge on any atom is -0.411 e. The second-order valence-corrected chi connectivity index (χ2v) is 6.13. The molecule has 0 saturated carbocycles. The Balaban J connectivity index is 1.67. The van der Waals surface area contributed by atoms with Crippen molar-refractivity contribution >= 4 is 12.4 Å². The van der Waals surface area contributed by atoms with E-state index in [2.05, 4.69) is 44.0 Å². The highest BCUT2D eigenvalue weighted by molar-refractivity contribution is 5.77. The summed E-state index contributed by atoms with van der Waals surface area (Å²) in [5, 5.41) is 22.5. The first-order valence-corrected chi connectivity index (χ1v) is 9.29. The Morgan fingerprint density at radius 1 is 0.733 bits per heavy atom. The summed E-state index contributed by atoms with van der Waals surface area (Å²) in [6.45, 7) is 0. The predicted octanol–water partition coefficient (Wildman–Crippen LogP) is 4.11. The molecule has 0 aliphatic carbocycles. The molecule has 2 heterocycles. The molecule has 0 saturated heterocycles. The zero-order chi connectivity index (χ0) is 21.6. The van der Waals surface area contributed by atoms with Crippen molar-refractivity contribution in [2.75, 3.05) is 0 Å². The summed E-state index contributed by atoms with van der Waals surface area (Å²) in [5.41, 5.74) is 0.729. The fourth-order valence-electron chi connectivity index (χ4n) is 2.43. The van der Waals surface area contributed by atoms with Crippen molar-refractivity contribution in [2.24, 2.45) is 10.3 Å². The number of pyridine rings is 2. The Labute approximate surface area is 173 Å². The van der Waals surface area contributed by atoms with Gasteiger partial charge in [-0.2, -0.15) is 0 Å². The highest BCUT2D eigenvalue weighted by Gasteiger charge is 2.02. The average molecular weight is 410 g/mol. The lowest BCUT2D eigenvalue weighted by molar-refractivity contribution is 0.321. The number of hydrogen-bond donors (Lipinski definition) is 2.